The van der Waals surface area contributed by atoms with E-state index in [0.717, 1.165) is 6.42 Å². The minimum Gasteiger partial charge on any atom is -0.444 e. The Balaban J connectivity index is 2.17. The van der Waals surface area contributed by atoms with Gasteiger partial charge in [-0.25, -0.2) is 4.79 Å². The van der Waals surface area contributed by atoms with Crippen molar-refractivity contribution in [2.75, 3.05) is 6.54 Å². The van der Waals surface area contributed by atoms with Gasteiger partial charge in [0.25, 0.3) is 0 Å². The standard InChI is InChI=1S/C11H19NO3/c1-7(13)9-5-8(9)6-12-10(14)15-11(2,3)4/h8-9H,5-6H2,1-4H3,(H,12,14)/t8-,9-/m1/s1. The fourth-order valence-electron chi connectivity index (χ4n) is 1.50. The summed E-state index contributed by atoms with van der Waals surface area (Å²) in [5.41, 5.74) is -0.465. The van der Waals surface area contributed by atoms with Crippen molar-refractivity contribution in [3.63, 3.8) is 0 Å². The fourth-order valence-corrected chi connectivity index (χ4v) is 1.50. The molecule has 1 rings (SSSR count). The number of Topliss-reactive ketones (excluding diaryl/α,β-unsaturated/α-hetero) is 1. The van der Waals surface area contributed by atoms with Crippen LogP contribution < -0.4 is 5.32 Å². The summed E-state index contributed by atoms with van der Waals surface area (Å²) in [7, 11) is 0. The molecule has 1 N–H and O–H groups in total. The molecule has 0 aromatic heterocycles. The maximum atomic E-state index is 11.2. The van der Waals surface area contributed by atoms with Gasteiger partial charge < -0.3 is 10.1 Å². The number of amides is 1. The highest BCUT2D eigenvalue weighted by Crippen LogP contribution is 2.38. The summed E-state index contributed by atoms with van der Waals surface area (Å²) in [6.07, 6.45) is 0.488. The molecule has 1 aliphatic carbocycles. The van der Waals surface area contributed by atoms with Crippen molar-refractivity contribution in [1.82, 2.24) is 5.32 Å². The molecule has 1 aliphatic rings. The van der Waals surface area contributed by atoms with E-state index in [2.05, 4.69) is 5.32 Å². The summed E-state index contributed by atoms with van der Waals surface area (Å²) >= 11 is 0. The molecule has 0 bridgehead atoms. The smallest absolute Gasteiger partial charge is 0.407 e. The number of alkyl carbamates (subject to hydrolysis) is 1. The van der Waals surface area contributed by atoms with Crippen LogP contribution in [0.4, 0.5) is 4.79 Å². The highest BCUT2D eigenvalue weighted by Gasteiger charge is 2.40. The van der Waals surface area contributed by atoms with Gasteiger partial charge in [0.15, 0.2) is 0 Å². The normalized spacial score (nSPS) is 24.5. The molecule has 15 heavy (non-hydrogen) atoms. The lowest BCUT2D eigenvalue weighted by Gasteiger charge is -2.19. The van der Waals surface area contributed by atoms with Gasteiger partial charge in [-0.2, -0.15) is 0 Å². The van der Waals surface area contributed by atoms with Crippen LogP contribution in [-0.4, -0.2) is 24.0 Å². The van der Waals surface area contributed by atoms with Crippen molar-refractivity contribution in [3.05, 3.63) is 0 Å². The quantitative estimate of drug-likeness (QED) is 0.776. The molecule has 4 nitrogen and oxygen atoms in total. The first-order valence-corrected chi connectivity index (χ1v) is 5.27. The van der Waals surface area contributed by atoms with Gasteiger partial charge >= 0.3 is 6.09 Å². The first-order valence-electron chi connectivity index (χ1n) is 5.27. The zero-order chi connectivity index (χ0) is 11.6. The number of carbonyl (C=O) groups excluding carboxylic acids is 2. The Morgan fingerprint density at radius 1 is 1.40 bits per heavy atom. The Kier molecular flexibility index (Phi) is 3.37. The Hall–Kier alpha value is -1.06. The molecule has 86 valence electrons. The number of ketones is 1. The zero-order valence-corrected chi connectivity index (χ0v) is 9.79. The lowest BCUT2D eigenvalue weighted by atomic mass is 10.2. The predicted octanol–water partition coefficient (Wildman–Crippen LogP) is 1.74. The van der Waals surface area contributed by atoms with Crippen LogP contribution in [0.5, 0.6) is 0 Å². The number of nitrogens with one attached hydrogen (secondary N) is 1. The molecule has 1 saturated carbocycles. The second-order valence-corrected chi connectivity index (χ2v) is 5.10. The first-order chi connectivity index (χ1) is 6.79. The van der Waals surface area contributed by atoms with E-state index < -0.39 is 11.7 Å². The average molecular weight is 213 g/mol. The SMILES string of the molecule is CC(=O)[C@H]1C[C@@H]1CNC(=O)OC(C)(C)C. The summed E-state index contributed by atoms with van der Waals surface area (Å²) in [6.45, 7) is 7.60. The third kappa shape index (κ3) is 4.32. The van der Waals surface area contributed by atoms with Gasteiger partial charge in [0.1, 0.15) is 11.4 Å². The van der Waals surface area contributed by atoms with E-state index in [1.54, 1.807) is 6.92 Å². The van der Waals surface area contributed by atoms with Crippen LogP contribution in [0.3, 0.4) is 0 Å². The monoisotopic (exact) mass is 213 g/mol. The highest BCUT2D eigenvalue weighted by atomic mass is 16.6. The predicted molar refractivity (Wildman–Crippen MR) is 56.5 cm³/mol. The molecule has 0 aromatic carbocycles. The van der Waals surface area contributed by atoms with Crippen LogP contribution in [-0.2, 0) is 9.53 Å². The molecule has 1 amide bonds. The first kappa shape index (κ1) is 12.0. The van der Waals surface area contributed by atoms with E-state index >= 15 is 0 Å². The number of rotatable bonds is 3. The van der Waals surface area contributed by atoms with Crippen LogP contribution in [0.2, 0.25) is 0 Å². The van der Waals surface area contributed by atoms with E-state index in [-0.39, 0.29) is 11.7 Å². The van der Waals surface area contributed by atoms with Gasteiger partial charge in [0.05, 0.1) is 0 Å². The molecule has 0 saturated heterocycles. The molecular formula is C11H19NO3. The fraction of sp³-hybridized carbons (Fsp3) is 0.818. The van der Waals surface area contributed by atoms with E-state index in [1.807, 2.05) is 20.8 Å². The van der Waals surface area contributed by atoms with Crippen LogP contribution in [0.1, 0.15) is 34.1 Å². The van der Waals surface area contributed by atoms with E-state index in [1.165, 1.54) is 0 Å². The van der Waals surface area contributed by atoms with Crippen molar-refractivity contribution >= 4 is 11.9 Å². The molecule has 1 fully saturated rings. The zero-order valence-electron chi connectivity index (χ0n) is 9.79. The molecule has 0 heterocycles. The van der Waals surface area contributed by atoms with Crippen molar-refractivity contribution in [2.24, 2.45) is 11.8 Å². The summed E-state index contributed by atoms with van der Waals surface area (Å²) < 4.78 is 5.08. The van der Waals surface area contributed by atoms with E-state index in [0.29, 0.717) is 12.5 Å². The van der Waals surface area contributed by atoms with Gasteiger partial charge in [-0.1, -0.05) is 0 Å². The lowest BCUT2D eigenvalue weighted by Crippen LogP contribution is -2.33. The third-order valence-corrected chi connectivity index (χ3v) is 2.35. The second kappa shape index (κ2) is 4.21. The van der Waals surface area contributed by atoms with Gasteiger partial charge in [-0.05, 0) is 40.0 Å². The number of hydrogen-bond acceptors (Lipinski definition) is 3. The molecule has 0 spiro atoms. The van der Waals surface area contributed by atoms with Gasteiger partial charge in [0.2, 0.25) is 0 Å². The molecule has 0 unspecified atom stereocenters. The Bertz CT molecular complexity index is 267. The molecule has 0 aliphatic heterocycles. The summed E-state index contributed by atoms with van der Waals surface area (Å²) in [5, 5.41) is 2.67. The number of ether oxygens (including phenoxy) is 1. The van der Waals surface area contributed by atoms with Crippen LogP contribution >= 0.6 is 0 Å². The Morgan fingerprint density at radius 2 is 2.00 bits per heavy atom. The minimum absolute atomic E-state index is 0.153. The van der Waals surface area contributed by atoms with Gasteiger partial charge in [0, 0.05) is 12.5 Å². The van der Waals surface area contributed by atoms with E-state index in [9.17, 15) is 9.59 Å². The summed E-state index contributed by atoms with van der Waals surface area (Å²) in [5.74, 6) is 0.681. The molecule has 4 heteroatoms. The summed E-state index contributed by atoms with van der Waals surface area (Å²) in [4.78, 5) is 22.2. The minimum atomic E-state index is -0.465. The largest absolute Gasteiger partial charge is 0.444 e. The van der Waals surface area contributed by atoms with Crippen molar-refractivity contribution < 1.29 is 14.3 Å². The number of carbonyl (C=O) groups is 2. The second-order valence-electron chi connectivity index (χ2n) is 5.10. The third-order valence-electron chi connectivity index (χ3n) is 2.35. The van der Waals surface area contributed by atoms with Crippen molar-refractivity contribution in [2.45, 2.75) is 39.7 Å². The van der Waals surface area contributed by atoms with Crippen molar-refractivity contribution in [3.8, 4) is 0 Å². The van der Waals surface area contributed by atoms with Gasteiger partial charge in [-0.3, -0.25) is 4.79 Å². The van der Waals surface area contributed by atoms with Gasteiger partial charge in [-0.15, -0.1) is 0 Å². The van der Waals surface area contributed by atoms with E-state index in [4.69, 9.17) is 4.74 Å². The van der Waals surface area contributed by atoms with Crippen LogP contribution in [0.25, 0.3) is 0 Å². The Morgan fingerprint density at radius 3 is 2.40 bits per heavy atom. The lowest BCUT2D eigenvalue weighted by molar-refractivity contribution is -0.118. The Labute approximate surface area is 90.4 Å². The van der Waals surface area contributed by atoms with Crippen LogP contribution in [0.15, 0.2) is 0 Å². The summed E-state index contributed by atoms with van der Waals surface area (Å²) in [6, 6.07) is 0. The highest BCUT2D eigenvalue weighted by molar-refractivity contribution is 5.81. The topological polar surface area (TPSA) is 55.4 Å². The maximum absolute atomic E-state index is 11.2. The molecular weight excluding hydrogens is 194 g/mol. The average Bonchev–Trinajstić information content (AvgIpc) is 2.75. The molecule has 2 atom stereocenters. The van der Waals surface area contributed by atoms with Crippen LogP contribution in [0, 0.1) is 11.8 Å². The molecule has 0 aromatic rings. The maximum Gasteiger partial charge on any atom is 0.407 e. The number of hydrogen-bond donors (Lipinski definition) is 1. The van der Waals surface area contributed by atoms with Crippen molar-refractivity contribution in [1.29, 1.82) is 0 Å². The molecule has 0 radical (unpaired) electrons.